The second-order valence-electron chi connectivity index (χ2n) is 7.69. The highest BCUT2D eigenvalue weighted by atomic mass is 16.5. The first-order chi connectivity index (χ1) is 12.6. The molecular formula is C21H26N2O3. The van der Waals surface area contributed by atoms with Gasteiger partial charge in [0.15, 0.2) is 0 Å². The van der Waals surface area contributed by atoms with E-state index in [1.807, 2.05) is 25.3 Å². The van der Waals surface area contributed by atoms with Gasteiger partial charge in [-0.1, -0.05) is 12.1 Å². The predicted molar refractivity (Wildman–Crippen MR) is 99.1 cm³/mol. The maximum absolute atomic E-state index is 10.4. The van der Waals surface area contributed by atoms with Crippen molar-refractivity contribution in [3.63, 3.8) is 0 Å². The number of phenolic OH excluding ortho intramolecular Hbond substituents is 1. The van der Waals surface area contributed by atoms with E-state index >= 15 is 0 Å². The molecule has 0 radical (unpaired) electrons. The predicted octanol–water partition coefficient (Wildman–Crippen LogP) is 2.92. The summed E-state index contributed by atoms with van der Waals surface area (Å²) in [7, 11) is 0. The number of hydrogen-bond donors (Lipinski definition) is 2. The summed E-state index contributed by atoms with van der Waals surface area (Å²) >= 11 is 0. The summed E-state index contributed by atoms with van der Waals surface area (Å²) in [6, 6.07) is 10.8. The summed E-state index contributed by atoms with van der Waals surface area (Å²) in [6.45, 7) is 4.66. The average Bonchev–Trinajstić information content (AvgIpc) is 3.15. The maximum Gasteiger partial charge on any atom is 0.138 e. The minimum Gasteiger partial charge on any atom is -0.508 e. The van der Waals surface area contributed by atoms with Gasteiger partial charge in [-0.05, 0) is 61.4 Å². The molecule has 1 saturated carbocycles. The molecule has 26 heavy (non-hydrogen) atoms. The molecular weight excluding hydrogens is 328 g/mol. The quantitative estimate of drug-likeness (QED) is 0.864. The van der Waals surface area contributed by atoms with Crippen LogP contribution in [-0.4, -0.2) is 45.8 Å². The lowest BCUT2D eigenvalue weighted by Gasteiger charge is -2.22. The van der Waals surface area contributed by atoms with Crippen LogP contribution in [0.5, 0.6) is 11.5 Å². The summed E-state index contributed by atoms with van der Waals surface area (Å²) in [4.78, 5) is 6.65. The number of aryl methyl sites for hydroxylation is 1. The Kier molecular flexibility index (Phi) is 4.83. The Morgan fingerprint density at radius 2 is 1.81 bits per heavy atom. The van der Waals surface area contributed by atoms with Crippen molar-refractivity contribution in [3.05, 3.63) is 53.9 Å². The van der Waals surface area contributed by atoms with E-state index in [2.05, 4.69) is 9.88 Å². The minimum atomic E-state index is -0.514. The van der Waals surface area contributed by atoms with Crippen LogP contribution < -0.4 is 4.74 Å². The lowest BCUT2D eigenvalue weighted by Crippen LogP contribution is -2.28. The van der Waals surface area contributed by atoms with Gasteiger partial charge in [0, 0.05) is 25.3 Å². The van der Waals surface area contributed by atoms with Crippen LogP contribution in [0.3, 0.4) is 0 Å². The number of hydrogen-bond acceptors (Lipinski definition) is 5. The van der Waals surface area contributed by atoms with Crippen LogP contribution in [0.15, 0.2) is 42.6 Å². The van der Waals surface area contributed by atoms with Gasteiger partial charge in [-0.25, -0.2) is 0 Å². The van der Waals surface area contributed by atoms with Crippen LogP contribution in [0, 0.1) is 18.8 Å². The molecule has 2 N–H and O–H groups in total. The Morgan fingerprint density at radius 1 is 1.12 bits per heavy atom. The second kappa shape index (κ2) is 7.25. The molecule has 1 aliphatic heterocycles. The van der Waals surface area contributed by atoms with Crippen molar-refractivity contribution in [2.75, 3.05) is 19.6 Å². The van der Waals surface area contributed by atoms with Gasteiger partial charge in [-0.2, -0.15) is 0 Å². The molecule has 0 spiro atoms. The molecule has 138 valence electrons. The number of benzene rings is 1. The van der Waals surface area contributed by atoms with E-state index in [1.54, 1.807) is 24.3 Å². The summed E-state index contributed by atoms with van der Waals surface area (Å²) in [5.41, 5.74) is 1.86. The van der Waals surface area contributed by atoms with Crippen molar-refractivity contribution in [2.45, 2.75) is 32.0 Å². The van der Waals surface area contributed by atoms with Crippen LogP contribution in [0.25, 0.3) is 0 Å². The van der Waals surface area contributed by atoms with Crippen molar-refractivity contribution in [1.29, 1.82) is 0 Å². The number of aliphatic hydroxyl groups excluding tert-OH is 1. The Balaban J connectivity index is 1.28. The van der Waals surface area contributed by atoms with Crippen LogP contribution in [0.1, 0.15) is 30.2 Å². The third-order valence-electron chi connectivity index (χ3n) is 5.68. The number of fused-ring (bicyclic) bond motifs is 1. The SMILES string of the molecule is Cc1ccc(OC2C[C@@H]3CN(CC(O)c4ccc(O)cc4)C[C@@H]3C2)cn1. The molecule has 2 fully saturated rings. The van der Waals surface area contributed by atoms with Gasteiger partial charge in [-0.15, -0.1) is 0 Å². The Bertz CT molecular complexity index is 718. The van der Waals surface area contributed by atoms with Crippen LogP contribution in [0.2, 0.25) is 0 Å². The van der Waals surface area contributed by atoms with Gasteiger partial charge >= 0.3 is 0 Å². The molecule has 2 heterocycles. The molecule has 1 aromatic carbocycles. The van der Waals surface area contributed by atoms with E-state index in [-0.39, 0.29) is 11.9 Å². The number of aromatic hydroxyl groups is 1. The van der Waals surface area contributed by atoms with Crippen molar-refractivity contribution in [2.24, 2.45) is 11.8 Å². The molecule has 2 unspecified atom stereocenters. The highest BCUT2D eigenvalue weighted by Crippen LogP contribution is 2.40. The molecule has 2 aliphatic rings. The van der Waals surface area contributed by atoms with Gasteiger partial charge in [0.1, 0.15) is 11.5 Å². The molecule has 1 saturated heterocycles. The molecule has 4 atom stereocenters. The van der Waals surface area contributed by atoms with Crippen LogP contribution in [-0.2, 0) is 0 Å². The number of pyridine rings is 1. The van der Waals surface area contributed by atoms with Gasteiger partial charge in [0.05, 0.1) is 18.4 Å². The maximum atomic E-state index is 10.4. The number of aromatic nitrogens is 1. The normalized spacial score (nSPS) is 26.6. The molecule has 0 amide bonds. The lowest BCUT2D eigenvalue weighted by atomic mass is 10.0. The molecule has 5 heteroatoms. The topological polar surface area (TPSA) is 65.8 Å². The van der Waals surface area contributed by atoms with Crippen molar-refractivity contribution >= 4 is 0 Å². The number of β-amino-alcohol motifs (C(OH)–C–C–N with tert-alkyl or cyclic N) is 1. The average molecular weight is 354 g/mol. The first-order valence-electron chi connectivity index (χ1n) is 9.35. The number of likely N-dealkylation sites (tertiary alicyclic amines) is 1. The van der Waals surface area contributed by atoms with E-state index in [1.165, 1.54) is 0 Å². The summed E-state index contributed by atoms with van der Waals surface area (Å²) < 4.78 is 6.11. The first kappa shape index (κ1) is 17.3. The van der Waals surface area contributed by atoms with E-state index < -0.39 is 6.10 Å². The number of nitrogens with zero attached hydrogens (tertiary/aromatic N) is 2. The molecule has 4 rings (SSSR count). The zero-order valence-electron chi connectivity index (χ0n) is 15.1. The van der Waals surface area contributed by atoms with Gasteiger partial charge in [0.2, 0.25) is 0 Å². The smallest absolute Gasteiger partial charge is 0.138 e. The zero-order valence-corrected chi connectivity index (χ0v) is 15.1. The Labute approximate surface area is 154 Å². The summed E-state index contributed by atoms with van der Waals surface area (Å²) in [6.07, 6.45) is 3.72. The number of aliphatic hydroxyl groups is 1. The standard InChI is InChI=1S/C21H26N2O3/c1-14-2-7-19(10-22-14)26-20-8-16-11-23(12-17(16)9-20)13-21(25)15-3-5-18(24)6-4-15/h2-7,10,16-17,20-21,24-25H,8-9,11-13H2,1H3/t16-,17+,20?,21?. The minimum absolute atomic E-state index is 0.228. The Hall–Kier alpha value is -2.11. The third-order valence-corrected chi connectivity index (χ3v) is 5.68. The largest absolute Gasteiger partial charge is 0.508 e. The zero-order chi connectivity index (χ0) is 18.1. The highest BCUT2D eigenvalue weighted by molar-refractivity contribution is 5.27. The Morgan fingerprint density at radius 3 is 2.42 bits per heavy atom. The van der Waals surface area contributed by atoms with Crippen molar-refractivity contribution < 1.29 is 14.9 Å². The first-order valence-corrected chi connectivity index (χ1v) is 9.35. The van der Waals surface area contributed by atoms with E-state index in [9.17, 15) is 10.2 Å². The number of ether oxygens (including phenoxy) is 1. The second-order valence-corrected chi connectivity index (χ2v) is 7.69. The van der Waals surface area contributed by atoms with E-state index in [0.717, 1.165) is 42.9 Å². The van der Waals surface area contributed by atoms with Crippen LogP contribution in [0.4, 0.5) is 0 Å². The molecule has 1 aliphatic carbocycles. The monoisotopic (exact) mass is 354 g/mol. The number of rotatable bonds is 5. The van der Waals surface area contributed by atoms with Gasteiger partial charge in [-0.3, -0.25) is 9.88 Å². The molecule has 0 bridgehead atoms. The molecule has 2 aromatic rings. The third kappa shape index (κ3) is 3.84. The van der Waals surface area contributed by atoms with Gasteiger partial charge in [0.25, 0.3) is 0 Å². The van der Waals surface area contributed by atoms with Crippen molar-refractivity contribution in [3.8, 4) is 11.5 Å². The highest BCUT2D eigenvalue weighted by Gasteiger charge is 2.42. The number of phenols is 1. The fraction of sp³-hybridized carbons (Fsp3) is 0.476. The fourth-order valence-corrected chi connectivity index (χ4v) is 4.35. The summed E-state index contributed by atoms with van der Waals surface area (Å²) in [5, 5.41) is 19.8. The van der Waals surface area contributed by atoms with Crippen LogP contribution >= 0.6 is 0 Å². The fourth-order valence-electron chi connectivity index (χ4n) is 4.35. The van der Waals surface area contributed by atoms with Gasteiger partial charge < -0.3 is 14.9 Å². The van der Waals surface area contributed by atoms with E-state index in [4.69, 9.17) is 4.74 Å². The summed E-state index contributed by atoms with van der Waals surface area (Å²) in [5.74, 6) is 2.38. The van der Waals surface area contributed by atoms with E-state index in [0.29, 0.717) is 18.4 Å². The van der Waals surface area contributed by atoms with Crippen molar-refractivity contribution in [1.82, 2.24) is 9.88 Å². The molecule has 1 aromatic heterocycles. The lowest BCUT2D eigenvalue weighted by molar-refractivity contribution is 0.116. The molecule has 5 nitrogen and oxygen atoms in total.